The summed E-state index contributed by atoms with van der Waals surface area (Å²) in [6, 6.07) is 8.61. The number of nitro groups is 1. The van der Waals surface area contributed by atoms with Gasteiger partial charge in [0, 0.05) is 35.7 Å². The van der Waals surface area contributed by atoms with Gasteiger partial charge in [0.25, 0.3) is 0 Å². The van der Waals surface area contributed by atoms with Crippen LogP contribution in [0.25, 0.3) is 5.69 Å². The number of ether oxygens (including phenoxy) is 1. The van der Waals surface area contributed by atoms with Crippen LogP contribution in [0, 0.1) is 24.0 Å². The maximum absolute atomic E-state index is 13.1. The van der Waals surface area contributed by atoms with Crippen molar-refractivity contribution in [2.24, 2.45) is 5.10 Å². The van der Waals surface area contributed by atoms with Crippen molar-refractivity contribution in [1.29, 1.82) is 0 Å². The van der Waals surface area contributed by atoms with Crippen molar-refractivity contribution in [3.63, 3.8) is 0 Å². The highest BCUT2D eigenvalue weighted by atomic mass is 32.2. The fraction of sp³-hybridized carbons (Fsp3) is 0.286. The van der Waals surface area contributed by atoms with Crippen molar-refractivity contribution in [2.75, 3.05) is 37.5 Å². The molecule has 0 bridgehead atoms. The van der Waals surface area contributed by atoms with Gasteiger partial charge in [-0.25, -0.2) is 13.4 Å². The van der Waals surface area contributed by atoms with E-state index >= 15 is 0 Å². The quantitative estimate of drug-likeness (QED) is 0.279. The van der Waals surface area contributed by atoms with Crippen LogP contribution in [0.1, 0.15) is 17.0 Å². The zero-order valence-corrected chi connectivity index (χ0v) is 19.9. The second-order valence-corrected chi connectivity index (χ2v) is 9.70. The summed E-state index contributed by atoms with van der Waals surface area (Å²) in [7, 11) is -3.64. The van der Waals surface area contributed by atoms with Crippen LogP contribution < -0.4 is 11.2 Å². The van der Waals surface area contributed by atoms with Gasteiger partial charge in [-0.15, -0.1) is 0 Å². The highest BCUT2D eigenvalue weighted by Gasteiger charge is 2.26. The van der Waals surface area contributed by atoms with Gasteiger partial charge in [0.1, 0.15) is 6.20 Å². The molecule has 1 aliphatic heterocycles. The van der Waals surface area contributed by atoms with E-state index in [1.54, 1.807) is 18.2 Å². The molecule has 0 saturated carbocycles. The molecule has 1 aliphatic rings. The Morgan fingerprint density at radius 1 is 1.26 bits per heavy atom. The van der Waals surface area contributed by atoms with E-state index in [0.29, 0.717) is 32.0 Å². The zero-order valence-electron chi connectivity index (χ0n) is 19.1. The number of rotatable bonds is 7. The SMILES string of the molecule is Cc1cc(/C=N\Nc2nc(N)ncc2[N+](=O)[O-])c(C)n1-c1cccc(S(=O)(=O)N2CCOCC2)c1. The van der Waals surface area contributed by atoms with Crippen LogP contribution in [-0.2, 0) is 14.8 Å². The topological polar surface area (TPSA) is 171 Å². The first-order chi connectivity index (χ1) is 16.7. The van der Waals surface area contributed by atoms with Crippen molar-refractivity contribution >= 4 is 33.7 Å². The highest BCUT2D eigenvalue weighted by molar-refractivity contribution is 7.89. The number of aryl methyl sites for hydroxylation is 1. The summed E-state index contributed by atoms with van der Waals surface area (Å²) in [5, 5.41) is 15.2. The first-order valence-electron chi connectivity index (χ1n) is 10.6. The smallest absolute Gasteiger partial charge is 0.331 e. The number of hydrazone groups is 1. The number of hydrogen-bond donors (Lipinski definition) is 2. The molecular formula is C21H24N8O5S. The van der Waals surface area contributed by atoms with Crippen molar-refractivity contribution in [3.05, 3.63) is 63.6 Å². The van der Waals surface area contributed by atoms with E-state index in [9.17, 15) is 18.5 Å². The van der Waals surface area contributed by atoms with E-state index in [1.165, 1.54) is 10.5 Å². The van der Waals surface area contributed by atoms with Crippen LogP contribution in [0.5, 0.6) is 0 Å². The van der Waals surface area contributed by atoms with Gasteiger partial charge in [-0.2, -0.15) is 14.4 Å². The normalized spacial score (nSPS) is 14.9. The fourth-order valence-electron chi connectivity index (χ4n) is 3.80. The number of benzene rings is 1. The molecular weight excluding hydrogens is 476 g/mol. The maximum atomic E-state index is 13.1. The van der Waals surface area contributed by atoms with E-state index in [0.717, 1.165) is 23.1 Å². The lowest BCUT2D eigenvalue weighted by atomic mass is 10.2. The molecule has 0 spiro atoms. The summed E-state index contributed by atoms with van der Waals surface area (Å²) in [6.45, 7) is 5.13. The Hall–Kier alpha value is -3.88. The Morgan fingerprint density at radius 3 is 2.71 bits per heavy atom. The molecule has 0 amide bonds. The molecule has 1 aromatic carbocycles. The van der Waals surface area contributed by atoms with E-state index in [4.69, 9.17) is 10.5 Å². The maximum Gasteiger partial charge on any atom is 0.331 e. The molecule has 35 heavy (non-hydrogen) atoms. The van der Waals surface area contributed by atoms with E-state index in [2.05, 4.69) is 20.5 Å². The molecule has 184 valence electrons. The molecule has 14 heteroatoms. The second-order valence-electron chi connectivity index (χ2n) is 7.76. The molecule has 1 fully saturated rings. The number of aromatic nitrogens is 3. The number of hydrogen-bond acceptors (Lipinski definition) is 10. The summed E-state index contributed by atoms with van der Waals surface area (Å²) in [4.78, 5) is 18.2. The van der Waals surface area contributed by atoms with Gasteiger partial charge in [-0.1, -0.05) is 6.07 Å². The third kappa shape index (κ3) is 4.99. The number of anilines is 2. The number of nitrogens with one attached hydrogen (secondary N) is 1. The summed E-state index contributed by atoms with van der Waals surface area (Å²) < 4.78 is 34.8. The number of nitrogens with zero attached hydrogens (tertiary/aromatic N) is 6. The van der Waals surface area contributed by atoms with Crippen molar-refractivity contribution in [2.45, 2.75) is 18.7 Å². The van der Waals surface area contributed by atoms with Gasteiger partial charge in [0.2, 0.25) is 21.8 Å². The molecule has 1 saturated heterocycles. The minimum absolute atomic E-state index is 0.126. The monoisotopic (exact) mass is 500 g/mol. The summed E-state index contributed by atoms with van der Waals surface area (Å²) in [6.07, 6.45) is 2.50. The Labute approximate surface area is 201 Å². The van der Waals surface area contributed by atoms with Gasteiger partial charge in [0.05, 0.1) is 29.2 Å². The first kappa shape index (κ1) is 24.3. The standard InChI is InChI=1S/C21H24N8O5S/c1-14-10-16(12-24-26-20-19(29(30)31)13-23-21(22)25-20)15(2)28(14)17-4-3-5-18(11-17)35(32,33)27-6-8-34-9-7-27/h3-5,10-13H,6-9H2,1-2H3,(H3,22,23,25,26)/b24-12-. The predicted octanol–water partition coefficient (Wildman–Crippen LogP) is 1.84. The third-order valence-corrected chi connectivity index (χ3v) is 7.41. The summed E-state index contributed by atoms with van der Waals surface area (Å²) in [5.41, 5.74) is 10.7. The molecule has 0 aliphatic carbocycles. The lowest BCUT2D eigenvalue weighted by Crippen LogP contribution is -2.40. The van der Waals surface area contributed by atoms with E-state index < -0.39 is 14.9 Å². The Bertz CT molecular complexity index is 1400. The molecule has 4 rings (SSSR count). The summed E-state index contributed by atoms with van der Waals surface area (Å²) in [5.74, 6) is -0.257. The Balaban J connectivity index is 1.61. The van der Waals surface area contributed by atoms with E-state index in [-0.39, 0.29) is 22.3 Å². The van der Waals surface area contributed by atoms with Crippen molar-refractivity contribution in [3.8, 4) is 5.69 Å². The molecule has 3 heterocycles. The number of morpholine rings is 1. The lowest BCUT2D eigenvalue weighted by molar-refractivity contribution is -0.384. The number of nitrogen functional groups attached to an aromatic ring is 1. The largest absolute Gasteiger partial charge is 0.379 e. The average molecular weight is 501 g/mol. The molecule has 0 atom stereocenters. The lowest BCUT2D eigenvalue weighted by Gasteiger charge is -2.26. The zero-order chi connectivity index (χ0) is 25.2. The minimum atomic E-state index is -3.64. The molecule has 0 radical (unpaired) electrons. The van der Waals surface area contributed by atoms with Crippen LogP contribution in [-0.4, -0.2) is 64.7 Å². The molecule has 3 aromatic rings. The molecule has 0 unspecified atom stereocenters. The third-order valence-electron chi connectivity index (χ3n) is 5.51. The van der Waals surface area contributed by atoms with Gasteiger partial charge < -0.3 is 15.0 Å². The highest BCUT2D eigenvalue weighted by Crippen LogP contribution is 2.25. The average Bonchev–Trinajstić information content (AvgIpc) is 3.12. The Kier molecular flexibility index (Phi) is 6.77. The van der Waals surface area contributed by atoms with Gasteiger partial charge >= 0.3 is 5.69 Å². The van der Waals surface area contributed by atoms with Crippen LogP contribution >= 0.6 is 0 Å². The predicted molar refractivity (Wildman–Crippen MR) is 129 cm³/mol. The molecule has 13 nitrogen and oxygen atoms in total. The molecule has 2 aromatic heterocycles. The number of sulfonamides is 1. The van der Waals surface area contributed by atoms with Crippen molar-refractivity contribution in [1.82, 2.24) is 18.8 Å². The van der Waals surface area contributed by atoms with Crippen LogP contribution in [0.15, 0.2) is 46.5 Å². The van der Waals surface area contributed by atoms with Gasteiger partial charge in [-0.05, 0) is 38.1 Å². The first-order valence-corrected chi connectivity index (χ1v) is 12.1. The van der Waals surface area contributed by atoms with Crippen LogP contribution in [0.3, 0.4) is 0 Å². The minimum Gasteiger partial charge on any atom is -0.379 e. The summed E-state index contributed by atoms with van der Waals surface area (Å²) >= 11 is 0. The van der Waals surface area contributed by atoms with Gasteiger partial charge in [-0.3, -0.25) is 15.5 Å². The Morgan fingerprint density at radius 2 is 2.00 bits per heavy atom. The van der Waals surface area contributed by atoms with Crippen LogP contribution in [0.4, 0.5) is 17.5 Å². The van der Waals surface area contributed by atoms with E-state index in [1.807, 2.05) is 30.5 Å². The van der Waals surface area contributed by atoms with Crippen LogP contribution in [0.2, 0.25) is 0 Å². The number of nitrogens with two attached hydrogens (primary N) is 1. The fourth-order valence-corrected chi connectivity index (χ4v) is 5.25. The van der Waals surface area contributed by atoms with Gasteiger partial charge in [0.15, 0.2) is 0 Å². The second kappa shape index (κ2) is 9.77. The molecule has 3 N–H and O–H groups in total. The van der Waals surface area contributed by atoms with Crippen molar-refractivity contribution < 1.29 is 18.1 Å².